The number of carbonyl (C=O) groups is 1. The summed E-state index contributed by atoms with van der Waals surface area (Å²) in [4.78, 5) is 16.1. The number of hydrogen-bond acceptors (Lipinski definition) is 5. The van der Waals surface area contributed by atoms with Gasteiger partial charge in [-0.15, -0.1) is 0 Å². The number of carbonyl (C=O) groups excluding carboxylic acids is 1. The molecule has 0 radical (unpaired) electrons. The van der Waals surface area contributed by atoms with E-state index in [1.807, 2.05) is 26.0 Å². The van der Waals surface area contributed by atoms with Crippen LogP contribution in [0.25, 0.3) is 11.0 Å². The average molecular weight is 285 g/mol. The number of rotatable bonds is 4. The molecule has 0 unspecified atom stereocenters. The molecule has 1 amide bonds. The van der Waals surface area contributed by atoms with Crippen LogP contribution in [0.1, 0.15) is 41.7 Å². The maximum absolute atomic E-state index is 12.0. The van der Waals surface area contributed by atoms with Gasteiger partial charge in [0.25, 0.3) is 5.91 Å². The molecule has 0 bridgehead atoms. The first-order chi connectivity index (χ1) is 10.1. The molecule has 0 aliphatic heterocycles. The van der Waals surface area contributed by atoms with Gasteiger partial charge in [0.15, 0.2) is 5.65 Å². The molecule has 3 heterocycles. The van der Waals surface area contributed by atoms with Crippen LogP contribution in [0, 0.1) is 0 Å². The van der Waals surface area contributed by atoms with Crippen molar-refractivity contribution in [3.63, 3.8) is 0 Å². The van der Waals surface area contributed by atoms with Crippen molar-refractivity contribution in [1.29, 1.82) is 0 Å². The molecule has 21 heavy (non-hydrogen) atoms. The molecule has 108 valence electrons. The van der Waals surface area contributed by atoms with Gasteiger partial charge in [0, 0.05) is 17.6 Å². The van der Waals surface area contributed by atoms with Crippen LogP contribution in [0.2, 0.25) is 0 Å². The average Bonchev–Trinajstić information content (AvgIpc) is 3.12. The molecule has 0 atom stereocenters. The maximum Gasteiger partial charge on any atom is 0.290 e. The van der Waals surface area contributed by atoms with Gasteiger partial charge < -0.3 is 9.84 Å². The lowest BCUT2D eigenvalue weighted by Gasteiger charge is -2.00. The van der Waals surface area contributed by atoms with Crippen molar-refractivity contribution < 1.29 is 9.32 Å². The number of nitrogens with one attached hydrogen (secondary N) is 2. The number of fused-ring (bicyclic) bond motifs is 1. The summed E-state index contributed by atoms with van der Waals surface area (Å²) < 4.78 is 5.04. The summed E-state index contributed by atoms with van der Waals surface area (Å²) in [7, 11) is 0. The third-order valence-corrected chi connectivity index (χ3v) is 3.18. The quantitative estimate of drug-likeness (QED) is 0.764. The van der Waals surface area contributed by atoms with Crippen LogP contribution in [-0.2, 0) is 6.54 Å². The molecule has 0 aliphatic rings. The number of nitrogens with zero attached hydrogens (tertiary/aromatic N) is 3. The predicted octanol–water partition coefficient (Wildman–Crippen LogP) is 2.00. The van der Waals surface area contributed by atoms with Crippen LogP contribution in [-0.4, -0.2) is 26.2 Å². The molecule has 0 aliphatic carbocycles. The molecule has 0 spiro atoms. The van der Waals surface area contributed by atoms with E-state index in [0.717, 1.165) is 16.8 Å². The highest BCUT2D eigenvalue weighted by Gasteiger charge is 2.15. The van der Waals surface area contributed by atoms with E-state index in [1.54, 1.807) is 12.3 Å². The summed E-state index contributed by atoms with van der Waals surface area (Å²) in [6, 6.07) is 5.39. The van der Waals surface area contributed by atoms with Gasteiger partial charge in [-0.25, -0.2) is 4.98 Å². The van der Waals surface area contributed by atoms with Crippen LogP contribution in [0.15, 0.2) is 28.9 Å². The zero-order chi connectivity index (χ0) is 14.8. The van der Waals surface area contributed by atoms with E-state index in [0.29, 0.717) is 12.2 Å². The lowest BCUT2D eigenvalue weighted by Crippen LogP contribution is -2.22. The maximum atomic E-state index is 12.0. The number of pyridine rings is 1. The van der Waals surface area contributed by atoms with Crippen molar-refractivity contribution in [2.75, 3.05) is 0 Å². The number of H-pyrrole nitrogens is 1. The van der Waals surface area contributed by atoms with Crippen molar-refractivity contribution in [3.05, 3.63) is 41.5 Å². The molecular weight excluding hydrogens is 270 g/mol. The fraction of sp³-hybridized carbons (Fsp3) is 0.286. The molecule has 0 aromatic carbocycles. The number of aromatic nitrogens is 4. The van der Waals surface area contributed by atoms with E-state index >= 15 is 0 Å². The van der Waals surface area contributed by atoms with Gasteiger partial charge in [0.05, 0.1) is 17.9 Å². The summed E-state index contributed by atoms with van der Waals surface area (Å²) in [5.74, 6) is 0.125. The Hall–Kier alpha value is -2.70. The van der Waals surface area contributed by atoms with E-state index in [1.165, 1.54) is 0 Å². The van der Waals surface area contributed by atoms with E-state index in [-0.39, 0.29) is 17.6 Å². The zero-order valence-electron chi connectivity index (χ0n) is 11.8. The van der Waals surface area contributed by atoms with E-state index in [2.05, 4.69) is 25.7 Å². The highest BCUT2D eigenvalue weighted by atomic mass is 16.5. The highest BCUT2D eigenvalue weighted by Crippen LogP contribution is 2.15. The van der Waals surface area contributed by atoms with Crippen LogP contribution in [0.5, 0.6) is 0 Å². The smallest absolute Gasteiger partial charge is 0.290 e. The predicted molar refractivity (Wildman–Crippen MR) is 75.7 cm³/mol. The third kappa shape index (κ3) is 2.62. The minimum absolute atomic E-state index is 0.209. The summed E-state index contributed by atoms with van der Waals surface area (Å²) in [6.45, 7) is 4.30. The Labute approximate surface area is 120 Å². The summed E-state index contributed by atoms with van der Waals surface area (Å²) >= 11 is 0. The summed E-state index contributed by atoms with van der Waals surface area (Å²) in [5.41, 5.74) is 2.19. The van der Waals surface area contributed by atoms with Crippen LogP contribution < -0.4 is 5.32 Å². The van der Waals surface area contributed by atoms with E-state index in [4.69, 9.17) is 4.52 Å². The molecule has 2 N–H and O–H groups in total. The largest absolute Gasteiger partial charge is 0.351 e. The van der Waals surface area contributed by atoms with Gasteiger partial charge in [-0.1, -0.05) is 19.0 Å². The summed E-state index contributed by atoms with van der Waals surface area (Å²) in [6.07, 6.45) is 1.67. The lowest BCUT2D eigenvalue weighted by molar-refractivity contribution is 0.0913. The van der Waals surface area contributed by atoms with Crippen molar-refractivity contribution >= 4 is 16.9 Å². The Bertz CT molecular complexity index is 774. The number of hydrogen-bond donors (Lipinski definition) is 2. The van der Waals surface area contributed by atoms with Crippen molar-refractivity contribution in [3.8, 4) is 0 Å². The number of aromatic amines is 1. The SMILES string of the molecule is CC(C)c1cc(C(=O)NCc2[nH]nc3ncccc23)on1. The molecule has 0 fully saturated rings. The standard InChI is InChI=1S/C14H15N5O2/c1-8(2)10-6-12(21-19-10)14(20)16-7-11-9-4-3-5-15-13(9)18-17-11/h3-6,8H,7H2,1-2H3,(H,16,20)(H,15,17,18). The fourth-order valence-electron chi connectivity index (χ4n) is 1.96. The molecule has 0 saturated carbocycles. The minimum Gasteiger partial charge on any atom is -0.351 e. The highest BCUT2D eigenvalue weighted by molar-refractivity contribution is 5.91. The first kappa shape index (κ1) is 13.3. The summed E-state index contributed by atoms with van der Waals surface area (Å²) in [5, 5.41) is 14.5. The second-order valence-electron chi connectivity index (χ2n) is 5.03. The fourth-order valence-corrected chi connectivity index (χ4v) is 1.96. The van der Waals surface area contributed by atoms with Gasteiger partial charge in [-0.2, -0.15) is 5.10 Å². The molecule has 7 nitrogen and oxygen atoms in total. The van der Waals surface area contributed by atoms with Crippen LogP contribution in [0.3, 0.4) is 0 Å². The molecule has 0 saturated heterocycles. The van der Waals surface area contributed by atoms with Crippen molar-refractivity contribution in [1.82, 2.24) is 25.7 Å². The Balaban J connectivity index is 1.70. The second-order valence-corrected chi connectivity index (χ2v) is 5.03. The normalized spacial score (nSPS) is 11.2. The Kier molecular flexibility index (Phi) is 3.39. The first-order valence-corrected chi connectivity index (χ1v) is 6.68. The molecule has 7 heteroatoms. The molecule has 3 aromatic heterocycles. The van der Waals surface area contributed by atoms with Crippen molar-refractivity contribution in [2.24, 2.45) is 0 Å². The van der Waals surface area contributed by atoms with Crippen LogP contribution in [0.4, 0.5) is 0 Å². The van der Waals surface area contributed by atoms with Gasteiger partial charge in [-0.05, 0) is 18.1 Å². The Morgan fingerprint density at radius 3 is 3.10 bits per heavy atom. The first-order valence-electron chi connectivity index (χ1n) is 6.68. The Morgan fingerprint density at radius 1 is 1.48 bits per heavy atom. The van der Waals surface area contributed by atoms with Gasteiger partial charge >= 0.3 is 0 Å². The van der Waals surface area contributed by atoms with Crippen molar-refractivity contribution in [2.45, 2.75) is 26.3 Å². The van der Waals surface area contributed by atoms with E-state index < -0.39 is 0 Å². The molecule has 3 aromatic rings. The van der Waals surface area contributed by atoms with Gasteiger partial charge in [-0.3, -0.25) is 9.89 Å². The van der Waals surface area contributed by atoms with Gasteiger partial charge in [0.1, 0.15) is 0 Å². The zero-order valence-corrected chi connectivity index (χ0v) is 11.8. The third-order valence-electron chi connectivity index (χ3n) is 3.18. The topological polar surface area (TPSA) is 96.7 Å². The second kappa shape index (κ2) is 5.35. The lowest BCUT2D eigenvalue weighted by atomic mass is 10.1. The minimum atomic E-state index is -0.305. The van der Waals surface area contributed by atoms with Gasteiger partial charge in [0.2, 0.25) is 5.76 Å². The molecular formula is C14H15N5O2. The number of amides is 1. The molecule has 3 rings (SSSR count). The van der Waals surface area contributed by atoms with Crippen LogP contribution >= 0.6 is 0 Å². The monoisotopic (exact) mass is 285 g/mol. The Morgan fingerprint density at radius 2 is 2.33 bits per heavy atom. The van der Waals surface area contributed by atoms with E-state index in [9.17, 15) is 4.79 Å².